The van der Waals surface area contributed by atoms with Gasteiger partial charge in [0, 0.05) is 5.56 Å². The molecule has 3 aromatic rings. The molecular weight excluding hydrogens is 376 g/mol. The van der Waals surface area contributed by atoms with Gasteiger partial charge in [-0.25, -0.2) is 5.43 Å². The van der Waals surface area contributed by atoms with E-state index in [-0.39, 0.29) is 11.4 Å². The van der Waals surface area contributed by atoms with E-state index in [4.69, 9.17) is 14.2 Å². The lowest BCUT2D eigenvalue weighted by atomic mass is 10.1. The average molecular weight is 396 g/mol. The Morgan fingerprint density at radius 3 is 2.59 bits per heavy atom. The molecule has 0 radical (unpaired) electrons. The second-order valence-electron chi connectivity index (χ2n) is 5.86. The predicted octanol–water partition coefficient (Wildman–Crippen LogP) is 2.57. The van der Waals surface area contributed by atoms with Gasteiger partial charge in [-0.05, 0) is 48.0 Å². The molecule has 0 aliphatic rings. The lowest BCUT2D eigenvalue weighted by Crippen LogP contribution is -2.18. The van der Waals surface area contributed by atoms with Crippen LogP contribution in [0.25, 0.3) is 11.3 Å². The Hall–Kier alpha value is -4.01. The Morgan fingerprint density at radius 1 is 1.07 bits per heavy atom. The van der Waals surface area contributed by atoms with Crippen LogP contribution in [0.4, 0.5) is 0 Å². The van der Waals surface area contributed by atoms with E-state index >= 15 is 0 Å². The van der Waals surface area contributed by atoms with Gasteiger partial charge < -0.3 is 19.3 Å². The van der Waals surface area contributed by atoms with E-state index in [0.717, 1.165) is 0 Å². The third kappa shape index (κ3) is 4.46. The number of nitrogens with one attached hydrogen (secondary N) is 2. The third-order valence-electron chi connectivity index (χ3n) is 4.09. The van der Waals surface area contributed by atoms with Crippen molar-refractivity contribution in [2.75, 3.05) is 21.3 Å². The van der Waals surface area contributed by atoms with Gasteiger partial charge in [0.2, 0.25) is 0 Å². The highest BCUT2D eigenvalue weighted by Crippen LogP contribution is 2.32. The summed E-state index contributed by atoms with van der Waals surface area (Å²) in [5.41, 5.74) is 4.50. The molecule has 1 heterocycles. The summed E-state index contributed by atoms with van der Waals surface area (Å²) in [6, 6.07) is 11.6. The van der Waals surface area contributed by atoms with E-state index < -0.39 is 5.91 Å². The van der Waals surface area contributed by atoms with Crippen LogP contribution in [-0.2, 0) is 0 Å². The summed E-state index contributed by atoms with van der Waals surface area (Å²) < 4.78 is 15.6. The minimum atomic E-state index is -0.465. The summed E-state index contributed by atoms with van der Waals surface area (Å²) in [6.07, 6.45) is 1.43. The van der Waals surface area contributed by atoms with Crippen LogP contribution in [0.5, 0.6) is 23.0 Å². The number of phenols is 1. The van der Waals surface area contributed by atoms with Gasteiger partial charge >= 0.3 is 0 Å². The fourth-order valence-electron chi connectivity index (χ4n) is 2.59. The van der Waals surface area contributed by atoms with E-state index in [2.05, 4.69) is 20.7 Å². The minimum Gasteiger partial charge on any atom is -0.504 e. The van der Waals surface area contributed by atoms with Gasteiger partial charge in [0.1, 0.15) is 17.2 Å². The van der Waals surface area contributed by atoms with Crippen molar-refractivity contribution in [3.63, 3.8) is 0 Å². The summed E-state index contributed by atoms with van der Waals surface area (Å²) in [7, 11) is 4.57. The van der Waals surface area contributed by atoms with E-state index in [1.807, 2.05) is 0 Å². The number of nitrogens with zero attached hydrogens (tertiary/aromatic N) is 2. The van der Waals surface area contributed by atoms with Crippen molar-refractivity contribution in [2.45, 2.75) is 0 Å². The fraction of sp³-hybridized carbons (Fsp3) is 0.150. The summed E-state index contributed by atoms with van der Waals surface area (Å²) in [5.74, 6) is 1.11. The minimum absolute atomic E-state index is 0.0200. The lowest BCUT2D eigenvalue weighted by Gasteiger charge is -2.08. The molecule has 0 atom stereocenters. The highest BCUT2D eigenvalue weighted by atomic mass is 16.5. The molecule has 3 N–H and O–H groups in total. The first kappa shape index (κ1) is 19.7. The number of aromatic nitrogens is 2. The fourth-order valence-corrected chi connectivity index (χ4v) is 2.59. The van der Waals surface area contributed by atoms with Crippen LogP contribution in [0.1, 0.15) is 16.1 Å². The molecule has 9 heteroatoms. The summed E-state index contributed by atoms with van der Waals surface area (Å²) in [4.78, 5) is 12.3. The molecular formula is C20H20N4O5. The molecule has 0 aliphatic heterocycles. The standard InChI is InChI=1S/C20H20N4O5/c1-27-13-5-7-18(28-2)14(9-13)15-10-16(23-22-15)20(26)24-21-11-12-4-6-17(25)19(8-12)29-3/h4-11,25H,1-3H3,(H,22,23)(H,24,26). The Balaban J connectivity index is 1.73. The molecule has 2 aromatic carbocycles. The van der Waals surface area contributed by atoms with Crippen molar-refractivity contribution in [3.05, 3.63) is 53.7 Å². The van der Waals surface area contributed by atoms with Gasteiger partial charge in [0.25, 0.3) is 5.91 Å². The smallest absolute Gasteiger partial charge is 0.289 e. The van der Waals surface area contributed by atoms with Crippen LogP contribution in [0.15, 0.2) is 47.6 Å². The normalized spacial score (nSPS) is 10.7. The number of hydrazone groups is 1. The number of hydrogen-bond acceptors (Lipinski definition) is 7. The molecule has 0 aliphatic carbocycles. The molecule has 0 fully saturated rings. The number of hydrogen-bond donors (Lipinski definition) is 3. The summed E-state index contributed by atoms with van der Waals surface area (Å²) in [5, 5.41) is 20.4. The van der Waals surface area contributed by atoms with Crippen molar-refractivity contribution in [1.29, 1.82) is 0 Å². The topological polar surface area (TPSA) is 118 Å². The largest absolute Gasteiger partial charge is 0.504 e. The molecule has 1 aromatic heterocycles. The van der Waals surface area contributed by atoms with Crippen molar-refractivity contribution in [2.24, 2.45) is 5.10 Å². The number of H-pyrrole nitrogens is 1. The molecule has 29 heavy (non-hydrogen) atoms. The van der Waals surface area contributed by atoms with E-state index in [9.17, 15) is 9.90 Å². The van der Waals surface area contributed by atoms with E-state index in [1.165, 1.54) is 19.4 Å². The number of benzene rings is 2. The second kappa shape index (κ2) is 8.79. The van der Waals surface area contributed by atoms with Crippen LogP contribution in [0.2, 0.25) is 0 Å². The first-order valence-electron chi connectivity index (χ1n) is 8.54. The molecule has 0 spiro atoms. The van der Waals surface area contributed by atoms with Crippen LogP contribution in [-0.4, -0.2) is 48.8 Å². The van der Waals surface area contributed by atoms with Crippen molar-refractivity contribution >= 4 is 12.1 Å². The first-order valence-corrected chi connectivity index (χ1v) is 8.54. The number of carbonyl (C=O) groups is 1. The van der Waals surface area contributed by atoms with Gasteiger partial charge in [0.15, 0.2) is 11.5 Å². The molecule has 1 amide bonds. The van der Waals surface area contributed by atoms with Gasteiger partial charge in [-0.15, -0.1) is 0 Å². The molecule has 0 unspecified atom stereocenters. The van der Waals surface area contributed by atoms with Crippen molar-refractivity contribution in [1.82, 2.24) is 15.6 Å². The van der Waals surface area contributed by atoms with Crippen molar-refractivity contribution in [3.8, 4) is 34.3 Å². The predicted molar refractivity (Wildman–Crippen MR) is 107 cm³/mol. The van der Waals surface area contributed by atoms with Gasteiger partial charge in [-0.2, -0.15) is 10.2 Å². The lowest BCUT2D eigenvalue weighted by molar-refractivity contribution is 0.0950. The van der Waals surface area contributed by atoms with Gasteiger partial charge in [-0.1, -0.05) is 0 Å². The molecule has 3 rings (SSSR count). The summed E-state index contributed by atoms with van der Waals surface area (Å²) in [6.45, 7) is 0. The summed E-state index contributed by atoms with van der Waals surface area (Å²) >= 11 is 0. The number of aromatic hydroxyl groups is 1. The van der Waals surface area contributed by atoms with Crippen molar-refractivity contribution < 1.29 is 24.1 Å². The second-order valence-corrected chi connectivity index (χ2v) is 5.86. The highest BCUT2D eigenvalue weighted by molar-refractivity contribution is 5.94. The van der Waals surface area contributed by atoms with Crippen LogP contribution < -0.4 is 19.6 Å². The average Bonchev–Trinajstić information content (AvgIpc) is 3.24. The number of phenolic OH excluding ortho intramolecular Hbond substituents is 1. The molecule has 9 nitrogen and oxygen atoms in total. The number of aromatic amines is 1. The maximum atomic E-state index is 12.3. The van der Waals surface area contributed by atoms with Gasteiger partial charge in [0.05, 0.1) is 33.2 Å². The maximum absolute atomic E-state index is 12.3. The third-order valence-corrected chi connectivity index (χ3v) is 4.09. The Labute approximate surface area is 166 Å². The first-order chi connectivity index (χ1) is 14.0. The van der Waals surface area contributed by atoms with E-state index in [1.54, 1.807) is 50.6 Å². The number of methoxy groups -OCH3 is 3. The van der Waals surface area contributed by atoms with Crippen LogP contribution in [0.3, 0.4) is 0 Å². The number of rotatable bonds is 7. The number of carbonyl (C=O) groups excluding carboxylic acids is 1. The van der Waals surface area contributed by atoms with Crippen LogP contribution in [0, 0.1) is 0 Å². The SMILES string of the molecule is COc1ccc(OC)c(-c2cc(C(=O)NN=Cc3ccc(O)c(OC)c3)[nH]n2)c1. The Morgan fingerprint density at radius 2 is 1.86 bits per heavy atom. The van der Waals surface area contributed by atoms with E-state index in [0.29, 0.717) is 34.1 Å². The molecule has 0 saturated heterocycles. The molecule has 150 valence electrons. The Kier molecular flexibility index (Phi) is 5.98. The van der Waals surface area contributed by atoms with Crippen LogP contribution >= 0.6 is 0 Å². The quantitative estimate of drug-likeness (QED) is 0.417. The zero-order chi connectivity index (χ0) is 20.8. The molecule has 0 bridgehead atoms. The highest BCUT2D eigenvalue weighted by Gasteiger charge is 2.14. The van der Waals surface area contributed by atoms with Gasteiger partial charge in [-0.3, -0.25) is 9.89 Å². The zero-order valence-electron chi connectivity index (χ0n) is 16.1. The zero-order valence-corrected chi connectivity index (χ0v) is 16.1. The number of ether oxygens (including phenoxy) is 3. The number of amides is 1. The Bertz CT molecular complexity index is 1050. The monoisotopic (exact) mass is 396 g/mol. The molecule has 0 saturated carbocycles. The maximum Gasteiger partial charge on any atom is 0.289 e.